The van der Waals surface area contributed by atoms with Crippen LogP contribution in [0.5, 0.6) is 0 Å². The highest BCUT2D eigenvalue weighted by Crippen LogP contribution is 2.33. The van der Waals surface area contributed by atoms with E-state index in [1.165, 1.54) is 10.9 Å². The van der Waals surface area contributed by atoms with Crippen LogP contribution in [0.15, 0.2) is 52.3 Å². The Morgan fingerprint density at radius 2 is 1.83 bits per heavy atom. The fourth-order valence-corrected chi connectivity index (χ4v) is 5.26. The summed E-state index contributed by atoms with van der Waals surface area (Å²) < 4.78 is 1.35. The van der Waals surface area contributed by atoms with Crippen LogP contribution in [0.1, 0.15) is 31.2 Å². The molecule has 1 saturated carbocycles. The monoisotopic (exact) mass is 561 g/mol. The van der Waals surface area contributed by atoms with Gasteiger partial charge >= 0.3 is 0 Å². The zero-order valence-electron chi connectivity index (χ0n) is 23.5. The van der Waals surface area contributed by atoms with Crippen molar-refractivity contribution in [3.05, 3.63) is 58.4 Å². The third-order valence-electron chi connectivity index (χ3n) is 8.13. The maximum absolute atomic E-state index is 13.2. The number of aromatic nitrogens is 2. The minimum absolute atomic E-state index is 0.0610. The topological polar surface area (TPSA) is 156 Å². The van der Waals surface area contributed by atoms with Crippen molar-refractivity contribution in [1.82, 2.24) is 24.3 Å². The standard InChI is InChI=1S/C29H39N9O3/c1-35-12-14-36(15-13-35)24(16-30)18-32-22-4-6-23(7-5-22)34-26-25(17-31)28(40)38(20-33-26)19-29(41)8-10-37(11-9-29)27(39)21-2-3-21/h4-7,16-18,20-21,31,34,41H,2-3,8-15,19,30H2,1H3. The first-order valence-corrected chi connectivity index (χ1v) is 14.2. The van der Waals surface area contributed by atoms with Crippen LogP contribution < -0.4 is 16.6 Å². The van der Waals surface area contributed by atoms with Crippen LogP contribution in [0, 0.1) is 11.3 Å². The number of nitrogens with zero attached hydrogens (tertiary/aromatic N) is 6. The number of carbonyl (C=O) groups is 1. The van der Waals surface area contributed by atoms with Crippen molar-refractivity contribution in [2.24, 2.45) is 16.6 Å². The van der Waals surface area contributed by atoms with E-state index in [2.05, 4.69) is 32.1 Å². The van der Waals surface area contributed by atoms with Gasteiger partial charge in [0.25, 0.3) is 5.56 Å². The summed E-state index contributed by atoms with van der Waals surface area (Å²) in [7, 11) is 2.10. The molecular formula is C29H39N9O3. The zero-order valence-corrected chi connectivity index (χ0v) is 23.5. The Morgan fingerprint density at radius 1 is 1.15 bits per heavy atom. The van der Waals surface area contributed by atoms with Gasteiger partial charge in [0.2, 0.25) is 5.91 Å². The number of hydrogen-bond acceptors (Lipinski definition) is 10. The largest absolute Gasteiger partial charge is 0.403 e. The van der Waals surface area contributed by atoms with Gasteiger partial charge in [-0.15, -0.1) is 0 Å². The van der Waals surface area contributed by atoms with Gasteiger partial charge in [0.05, 0.1) is 36.1 Å². The number of benzene rings is 1. The highest BCUT2D eigenvalue weighted by molar-refractivity contribution is 5.85. The number of piperidine rings is 1. The van der Waals surface area contributed by atoms with E-state index in [0.29, 0.717) is 31.6 Å². The van der Waals surface area contributed by atoms with Crippen molar-refractivity contribution >= 4 is 35.5 Å². The average molecular weight is 562 g/mol. The van der Waals surface area contributed by atoms with Crippen LogP contribution in [-0.2, 0) is 11.3 Å². The van der Waals surface area contributed by atoms with Gasteiger partial charge in [-0.2, -0.15) is 0 Å². The third kappa shape index (κ3) is 6.83. The quantitative estimate of drug-likeness (QED) is 0.336. The van der Waals surface area contributed by atoms with Crippen LogP contribution in [-0.4, -0.2) is 99.6 Å². The highest BCUT2D eigenvalue weighted by Gasteiger charge is 2.39. The predicted molar refractivity (Wildman–Crippen MR) is 159 cm³/mol. The number of likely N-dealkylation sites (tertiary alicyclic amines) is 1. The Kier molecular flexibility index (Phi) is 8.50. The number of aliphatic hydroxyl groups is 1. The van der Waals surface area contributed by atoms with E-state index < -0.39 is 11.2 Å². The smallest absolute Gasteiger partial charge is 0.264 e. The molecule has 1 amide bonds. The van der Waals surface area contributed by atoms with Crippen LogP contribution in [0.2, 0.25) is 0 Å². The number of carbonyl (C=O) groups excluding carboxylic acids is 1. The summed E-state index contributed by atoms with van der Waals surface area (Å²) in [4.78, 5) is 40.8. The van der Waals surface area contributed by atoms with Crippen LogP contribution in [0.4, 0.5) is 17.2 Å². The minimum atomic E-state index is -1.11. The molecule has 3 heterocycles. The molecule has 12 heteroatoms. The summed E-state index contributed by atoms with van der Waals surface area (Å²) in [5.41, 5.74) is 6.75. The SMILES string of the molecule is CN1CCN(C(C=Nc2ccc(Nc3ncn(CC4(O)CCN(C(=O)C5CC5)CC4)c(=O)c3C=N)cc2)=CN)CC1. The van der Waals surface area contributed by atoms with E-state index >= 15 is 0 Å². The van der Waals surface area contributed by atoms with Gasteiger partial charge in [-0.25, -0.2) is 4.98 Å². The Morgan fingerprint density at radius 3 is 2.44 bits per heavy atom. The molecule has 5 rings (SSSR count). The number of amides is 1. The molecule has 0 radical (unpaired) electrons. The molecule has 41 heavy (non-hydrogen) atoms. The molecule has 5 N–H and O–H groups in total. The van der Waals surface area contributed by atoms with Gasteiger partial charge in [-0.05, 0) is 57.0 Å². The van der Waals surface area contributed by atoms with Gasteiger partial charge in [-0.1, -0.05) is 0 Å². The Labute approximate surface area is 239 Å². The molecule has 0 bridgehead atoms. The number of piperazine rings is 1. The number of nitrogens with two attached hydrogens (primary N) is 1. The maximum atomic E-state index is 13.2. The molecule has 1 aromatic heterocycles. The molecule has 3 aliphatic rings. The molecule has 3 fully saturated rings. The number of allylic oxidation sites excluding steroid dienone is 1. The normalized spacial score (nSPS) is 19.9. The van der Waals surface area contributed by atoms with Crippen molar-refractivity contribution in [3.8, 4) is 0 Å². The van der Waals surface area contributed by atoms with Gasteiger partial charge in [0.15, 0.2) is 0 Å². The van der Waals surface area contributed by atoms with Crippen molar-refractivity contribution in [1.29, 1.82) is 5.41 Å². The van der Waals surface area contributed by atoms with Crippen LogP contribution in [0.25, 0.3) is 0 Å². The highest BCUT2D eigenvalue weighted by atomic mass is 16.3. The lowest BCUT2D eigenvalue weighted by atomic mass is 9.91. The van der Waals surface area contributed by atoms with Crippen molar-refractivity contribution in [2.45, 2.75) is 37.8 Å². The van der Waals surface area contributed by atoms with E-state index in [1.54, 1.807) is 12.4 Å². The molecular weight excluding hydrogens is 522 g/mol. The van der Waals surface area contributed by atoms with Gasteiger partial charge in [0.1, 0.15) is 11.4 Å². The summed E-state index contributed by atoms with van der Waals surface area (Å²) in [6, 6.07) is 7.35. The molecule has 0 atom stereocenters. The Balaban J connectivity index is 1.21. The van der Waals surface area contributed by atoms with Gasteiger partial charge in [-0.3, -0.25) is 19.1 Å². The lowest BCUT2D eigenvalue weighted by Crippen LogP contribution is -2.50. The molecule has 218 valence electrons. The van der Waals surface area contributed by atoms with E-state index in [1.807, 2.05) is 29.2 Å². The lowest BCUT2D eigenvalue weighted by molar-refractivity contribution is -0.137. The number of hydrogen-bond donors (Lipinski definition) is 4. The number of likely N-dealkylation sites (N-methyl/N-ethyl adjacent to an activating group) is 1. The van der Waals surface area contributed by atoms with Crippen molar-refractivity contribution in [2.75, 3.05) is 51.6 Å². The van der Waals surface area contributed by atoms with Crippen LogP contribution >= 0.6 is 0 Å². The predicted octanol–water partition coefficient (Wildman–Crippen LogP) is 1.50. The Hall–Kier alpha value is -4.03. The summed E-state index contributed by atoms with van der Waals surface area (Å²) in [5, 5.41) is 22.1. The second kappa shape index (κ2) is 12.2. The third-order valence-corrected chi connectivity index (χ3v) is 8.13. The van der Waals surface area contributed by atoms with E-state index in [9.17, 15) is 14.7 Å². The number of nitrogens with one attached hydrogen (secondary N) is 2. The van der Waals surface area contributed by atoms with Gasteiger partial charge < -0.3 is 36.3 Å². The molecule has 0 unspecified atom stereocenters. The van der Waals surface area contributed by atoms with Crippen LogP contribution in [0.3, 0.4) is 0 Å². The molecule has 12 nitrogen and oxygen atoms in total. The van der Waals surface area contributed by atoms with Crippen molar-refractivity contribution < 1.29 is 9.90 Å². The molecule has 2 aliphatic heterocycles. The number of rotatable bonds is 9. The molecule has 2 saturated heterocycles. The summed E-state index contributed by atoms with van der Waals surface area (Å²) in [5.74, 6) is 0.591. The minimum Gasteiger partial charge on any atom is -0.403 e. The first-order chi connectivity index (χ1) is 19.8. The summed E-state index contributed by atoms with van der Waals surface area (Å²) in [6.07, 6.45) is 8.42. The summed E-state index contributed by atoms with van der Waals surface area (Å²) in [6.45, 7) is 4.76. The van der Waals surface area contributed by atoms with Gasteiger partial charge in [0, 0.05) is 63.3 Å². The lowest BCUT2D eigenvalue weighted by Gasteiger charge is -2.38. The molecule has 0 spiro atoms. The maximum Gasteiger partial charge on any atom is 0.264 e. The molecule has 1 aliphatic carbocycles. The van der Waals surface area contributed by atoms with Crippen molar-refractivity contribution in [3.63, 3.8) is 0 Å². The summed E-state index contributed by atoms with van der Waals surface area (Å²) >= 11 is 0. The number of aliphatic imine (C=N–C) groups is 1. The molecule has 1 aromatic carbocycles. The fourth-order valence-electron chi connectivity index (χ4n) is 5.26. The van der Waals surface area contributed by atoms with E-state index in [-0.39, 0.29) is 29.8 Å². The molecule has 2 aromatic rings. The Bertz CT molecular complexity index is 1360. The second-order valence-corrected chi connectivity index (χ2v) is 11.2. The van der Waals surface area contributed by atoms with E-state index in [4.69, 9.17) is 11.1 Å². The van der Waals surface area contributed by atoms with E-state index in [0.717, 1.165) is 56.6 Å². The zero-order chi connectivity index (χ0) is 29.0. The number of anilines is 2. The fraction of sp³-hybridized carbons (Fsp3) is 0.483. The first kappa shape index (κ1) is 28.5. The first-order valence-electron chi connectivity index (χ1n) is 14.2. The second-order valence-electron chi connectivity index (χ2n) is 11.2. The average Bonchev–Trinajstić information content (AvgIpc) is 3.83.